The molecule has 1 heterocycles. The number of imide groups is 1. The lowest BCUT2D eigenvalue weighted by molar-refractivity contribution is -0.125. The number of carbonyl (C=O) groups is 2. The zero-order valence-corrected chi connectivity index (χ0v) is 8.51. The molecular formula is C7H11N2O4P. The van der Waals surface area contributed by atoms with Crippen molar-refractivity contribution >= 4 is 24.9 Å². The Morgan fingerprint density at radius 1 is 1.57 bits per heavy atom. The molecule has 1 aliphatic rings. The van der Waals surface area contributed by atoms with Gasteiger partial charge in [0.2, 0.25) is 5.91 Å². The summed E-state index contributed by atoms with van der Waals surface area (Å²) in [4.78, 5) is 30.9. The first-order chi connectivity index (χ1) is 6.31. The fraction of sp³-hybridized carbons (Fsp3) is 0.571. The number of rotatable bonds is 3. The van der Waals surface area contributed by atoms with Crippen LogP contribution in [0.15, 0.2) is 0 Å². The molecule has 0 aliphatic carbocycles. The maximum Gasteiger partial charge on any atom is 0.272 e. The van der Waals surface area contributed by atoms with Crippen LogP contribution in [0.3, 0.4) is 0 Å². The van der Waals surface area contributed by atoms with Gasteiger partial charge in [0.1, 0.15) is 5.71 Å². The molecule has 1 saturated heterocycles. The minimum atomic E-state index is -3.18. The number of amides is 2. The third-order valence-corrected chi connectivity index (χ3v) is 3.07. The van der Waals surface area contributed by atoms with Crippen LogP contribution in [0.25, 0.3) is 0 Å². The molecule has 0 bridgehead atoms. The second kappa shape index (κ2) is 3.63. The highest BCUT2D eigenvalue weighted by molar-refractivity contribution is 7.57. The van der Waals surface area contributed by atoms with Gasteiger partial charge in [-0.25, -0.2) is 0 Å². The van der Waals surface area contributed by atoms with Crippen molar-refractivity contribution in [2.75, 3.05) is 12.8 Å². The topological polar surface area (TPSA) is 107 Å². The van der Waals surface area contributed by atoms with Crippen molar-refractivity contribution < 1.29 is 19.0 Å². The summed E-state index contributed by atoms with van der Waals surface area (Å²) in [7, 11) is -3.18. The van der Waals surface area contributed by atoms with Crippen LogP contribution in [0.4, 0.5) is 0 Å². The van der Waals surface area contributed by atoms with Crippen LogP contribution in [0.1, 0.15) is 6.42 Å². The Hall–Kier alpha value is -1.00. The lowest BCUT2D eigenvalue weighted by Crippen LogP contribution is -2.22. The Morgan fingerprint density at radius 3 is 2.50 bits per heavy atom. The molecule has 1 unspecified atom stereocenters. The molecule has 1 fully saturated rings. The van der Waals surface area contributed by atoms with E-state index in [2.05, 4.69) is 0 Å². The third kappa shape index (κ3) is 2.49. The van der Waals surface area contributed by atoms with Crippen LogP contribution < -0.4 is 5.32 Å². The predicted molar refractivity (Wildman–Crippen MR) is 49.6 cm³/mol. The standard InChI is InChI=1S/C7H11N2O4P/c1-14(12,13)3-2-4-5(8)7(11)9-6(4)10/h4,8H,2-3H2,1H3,(H,12,13)(H,9,10,11)/t4-/m1/s1. The Labute approximate surface area is 80.7 Å². The van der Waals surface area contributed by atoms with Crippen LogP contribution in [-0.2, 0) is 14.2 Å². The van der Waals surface area contributed by atoms with Crippen LogP contribution in [0, 0.1) is 11.3 Å². The number of carbonyl (C=O) groups excluding carboxylic acids is 2. The highest BCUT2D eigenvalue weighted by Gasteiger charge is 2.37. The first-order valence-electron chi connectivity index (χ1n) is 4.04. The van der Waals surface area contributed by atoms with E-state index in [0.29, 0.717) is 0 Å². The fourth-order valence-electron chi connectivity index (χ4n) is 1.20. The minimum absolute atomic E-state index is 0.0548. The van der Waals surface area contributed by atoms with Gasteiger partial charge in [-0.2, -0.15) is 0 Å². The average Bonchev–Trinajstić information content (AvgIpc) is 2.23. The molecule has 0 aromatic heterocycles. The molecule has 2 atom stereocenters. The molecule has 0 aromatic carbocycles. The molecule has 78 valence electrons. The third-order valence-electron chi connectivity index (χ3n) is 1.98. The average molecular weight is 218 g/mol. The van der Waals surface area contributed by atoms with Gasteiger partial charge in [0, 0.05) is 12.8 Å². The van der Waals surface area contributed by atoms with Gasteiger partial charge in [0.25, 0.3) is 5.91 Å². The van der Waals surface area contributed by atoms with E-state index in [-0.39, 0.29) is 18.3 Å². The van der Waals surface area contributed by atoms with E-state index in [1.54, 1.807) is 0 Å². The molecule has 0 radical (unpaired) electrons. The molecular weight excluding hydrogens is 207 g/mol. The molecule has 2 amide bonds. The summed E-state index contributed by atoms with van der Waals surface area (Å²) in [5.74, 6) is -2.11. The quantitative estimate of drug-likeness (QED) is 0.441. The van der Waals surface area contributed by atoms with Gasteiger partial charge in [-0.3, -0.25) is 24.9 Å². The van der Waals surface area contributed by atoms with Crippen molar-refractivity contribution in [3.05, 3.63) is 0 Å². The summed E-state index contributed by atoms with van der Waals surface area (Å²) >= 11 is 0. The number of hydrogen-bond donors (Lipinski definition) is 3. The summed E-state index contributed by atoms with van der Waals surface area (Å²) in [6.45, 7) is 1.19. The molecule has 0 spiro atoms. The maximum absolute atomic E-state index is 11.1. The van der Waals surface area contributed by atoms with Crippen molar-refractivity contribution in [2.24, 2.45) is 5.92 Å². The van der Waals surface area contributed by atoms with Crippen LogP contribution >= 0.6 is 7.37 Å². The summed E-state index contributed by atoms with van der Waals surface area (Å²) in [5.41, 5.74) is -0.316. The predicted octanol–water partition coefficient (Wildman–Crippen LogP) is -0.431. The van der Waals surface area contributed by atoms with Gasteiger partial charge in [0.15, 0.2) is 7.37 Å². The van der Waals surface area contributed by atoms with E-state index in [1.807, 2.05) is 5.32 Å². The highest BCUT2D eigenvalue weighted by atomic mass is 31.2. The van der Waals surface area contributed by atoms with E-state index in [0.717, 1.165) is 0 Å². The number of nitrogens with one attached hydrogen (secondary N) is 2. The van der Waals surface area contributed by atoms with Gasteiger partial charge in [-0.05, 0) is 6.42 Å². The van der Waals surface area contributed by atoms with Gasteiger partial charge < -0.3 is 4.89 Å². The molecule has 6 nitrogen and oxygen atoms in total. The number of hydrogen-bond acceptors (Lipinski definition) is 4. The molecule has 3 N–H and O–H groups in total. The lowest BCUT2D eigenvalue weighted by atomic mass is 10.0. The molecule has 7 heteroatoms. The van der Waals surface area contributed by atoms with Crippen LogP contribution in [0.2, 0.25) is 0 Å². The van der Waals surface area contributed by atoms with Gasteiger partial charge in [-0.15, -0.1) is 0 Å². The largest absolute Gasteiger partial charge is 0.344 e. The van der Waals surface area contributed by atoms with Gasteiger partial charge in [-0.1, -0.05) is 0 Å². The molecule has 0 saturated carbocycles. The fourth-order valence-corrected chi connectivity index (χ4v) is 1.94. The minimum Gasteiger partial charge on any atom is -0.344 e. The van der Waals surface area contributed by atoms with Crippen molar-refractivity contribution in [2.45, 2.75) is 6.42 Å². The lowest BCUT2D eigenvalue weighted by Gasteiger charge is -2.07. The van der Waals surface area contributed by atoms with E-state index < -0.39 is 25.1 Å². The molecule has 1 aliphatic heterocycles. The van der Waals surface area contributed by atoms with Crippen LogP contribution in [-0.4, -0.2) is 35.2 Å². The van der Waals surface area contributed by atoms with Crippen molar-refractivity contribution in [3.8, 4) is 0 Å². The summed E-state index contributed by atoms with van der Waals surface area (Å²) in [6, 6.07) is 0. The Balaban J connectivity index is 2.62. The van der Waals surface area contributed by atoms with Crippen molar-refractivity contribution in [1.82, 2.24) is 5.32 Å². The Morgan fingerprint density at radius 2 is 2.14 bits per heavy atom. The van der Waals surface area contributed by atoms with E-state index in [4.69, 9.17) is 10.3 Å². The van der Waals surface area contributed by atoms with E-state index in [1.165, 1.54) is 6.66 Å². The Bertz CT molecular complexity index is 346. The van der Waals surface area contributed by atoms with Crippen molar-refractivity contribution in [3.63, 3.8) is 0 Å². The van der Waals surface area contributed by atoms with Gasteiger partial charge in [0.05, 0.1) is 5.92 Å². The monoisotopic (exact) mass is 218 g/mol. The molecule has 1 rings (SSSR count). The zero-order valence-electron chi connectivity index (χ0n) is 7.61. The highest BCUT2D eigenvalue weighted by Crippen LogP contribution is 2.37. The van der Waals surface area contributed by atoms with Crippen molar-refractivity contribution in [1.29, 1.82) is 5.41 Å². The second-order valence-corrected chi connectivity index (χ2v) is 5.90. The van der Waals surface area contributed by atoms with Crippen LogP contribution in [0.5, 0.6) is 0 Å². The Kier molecular flexibility index (Phi) is 2.87. The normalized spacial score (nSPS) is 26.1. The maximum atomic E-state index is 11.1. The second-order valence-electron chi connectivity index (χ2n) is 3.35. The van der Waals surface area contributed by atoms with E-state index in [9.17, 15) is 14.2 Å². The SMILES string of the molecule is CP(=O)(O)CC[C@@H]1C(=N)C(=O)NC1=O. The molecule has 14 heavy (non-hydrogen) atoms. The van der Waals surface area contributed by atoms with E-state index >= 15 is 0 Å². The first kappa shape index (κ1) is 11.1. The summed E-state index contributed by atoms with van der Waals surface area (Å²) < 4.78 is 10.9. The van der Waals surface area contributed by atoms with Gasteiger partial charge >= 0.3 is 0 Å². The molecule has 0 aromatic rings. The zero-order chi connectivity index (χ0) is 10.9. The first-order valence-corrected chi connectivity index (χ1v) is 6.33. The summed E-state index contributed by atoms with van der Waals surface area (Å²) in [5, 5.41) is 9.23. The summed E-state index contributed by atoms with van der Waals surface area (Å²) in [6.07, 6.45) is 0.0153. The smallest absolute Gasteiger partial charge is 0.272 e.